The van der Waals surface area contributed by atoms with E-state index in [-0.39, 0.29) is 17.7 Å². The summed E-state index contributed by atoms with van der Waals surface area (Å²) in [6.07, 6.45) is 3.41. The molecule has 1 heterocycles. The summed E-state index contributed by atoms with van der Waals surface area (Å²) >= 11 is 0. The third-order valence-electron chi connectivity index (χ3n) is 4.36. The van der Waals surface area contributed by atoms with E-state index in [1.54, 1.807) is 6.92 Å². The molecule has 106 valence electrons. The van der Waals surface area contributed by atoms with Crippen molar-refractivity contribution in [1.29, 1.82) is 0 Å². The van der Waals surface area contributed by atoms with Crippen LogP contribution in [0.3, 0.4) is 0 Å². The lowest BCUT2D eigenvalue weighted by Crippen LogP contribution is -2.25. The van der Waals surface area contributed by atoms with E-state index >= 15 is 0 Å². The third-order valence-corrected chi connectivity index (χ3v) is 4.36. The van der Waals surface area contributed by atoms with Gasteiger partial charge in [0, 0.05) is 0 Å². The molecule has 0 saturated heterocycles. The fourth-order valence-electron chi connectivity index (χ4n) is 3.09. The van der Waals surface area contributed by atoms with Crippen LogP contribution in [0.2, 0.25) is 0 Å². The standard InChI is InChI=1S/C17H21NO2/c1-4-11-8-13(12-5-6-12)7-9(2)14(11)15-16(19)10(3)18-17(15)20/h7-8,10,12,19H,4-6H2,1-3H3,(H,18,20). The quantitative estimate of drug-likeness (QED) is 0.886. The summed E-state index contributed by atoms with van der Waals surface area (Å²) in [4.78, 5) is 12.1. The summed E-state index contributed by atoms with van der Waals surface area (Å²) in [6.45, 7) is 5.94. The second-order valence-corrected chi connectivity index (χ2v) is 5.96. The number of carbonyl (C=O) groups is 1. The molecule has 0 spiro atoms. The second kappa shape index (κ2) is 4.65. The highest BCUT2D eigenvalue weighted by Crippen LogP contribution is 2.42. The molecular weight excluding hydrogens is 250 g/mol. The molecule has 1 fully saturated rings. The lowest BCUT2D eigenvalue weighted by atomic mass is 9.89. The molecule has 1 saturated carbocycles. The number of carbonyl (C=O) groups excluding carboxylic acids is 1. The monoisotopic (exact) mass is 271 g/mol. The summed E-state index contributed by atoms with van der Waals surface area (Å²) in [5, 5.41) is 13.0. The van der Waals surface area contributed by atoms with Crippen LogP contribution in [-0.4, -0.2) is 17.1 Å². The number of hydrogen-bond donors (Lipinski definition) is 2. The molecule has 3 nitrogen and oxygen atoms in total. The molecule has 1 amide bonds. The minimum atomic E-state index is -0.287. The van der Waals surface area contributed by atoms with Crippen molar-refractivity contribution in [2.75, 3.05) is 0 Å². The minimum Gasteiger partial charge on any atom is -0.509 e. The molecule has 3 heteroatoms. The Morgan fingerprint density at radius 1 is 1.35 bits per heavy atom. The SMILES string of the molecule is CCc1cc(C2CC2)cc(C)c1C1=C(O)C(C)NC1=O. The van der Waals surface area contributed by atoms with Gasteiger partial charge in [-0.1, -0.05) is 19.1 Å². The zero-order valence-corrected chi connectivity index (χ0v) is 12.3. The van der Waals surface area contributed by atoms with Gasteiger partial charge in [-0.2, -0.15) is 0 Å². The van der Waals surface area contributed by atoms with Crippen LogP contribution < -0.4 is 5.32 Å². The molecule has 3 rings (SSSR count). The van der Waals surface area contributed by atoms with Gasteiger partial charge in [0.25, 0.3) is 5.91 Å². The van der Waals surface area contributed by atoms with Gasteiger partial charge < -0.3 is 10.4 Å². The molecule has 1 aliphatic carbocycles. The summed E-state index contributed by atoms with van der Waals surface area (Å²) in [6, 6.07) is 4.11. The molecule has 1 aromatic carbocycles. The lowest BCUT2D eigenvalue weighted by Gasteiger charge is -2.14. The van der Waals surface area contributed by atoms with Crippen molar-refractivity contribution in [3.63, 3.8) is 0 Å². The van der Waals surface area contributed by atoms with Crippen molar-refractivity contribution in [1.82, 2.24) is 5.32 Å². The number of aliphatic hydroxyl groups is 1. The summed E-state index contributed by atoms with van der Waals surface area (Å²) in [5.41, 5.74) is 5.04. The van der Waals surface area contributed by atoms with Crippen LogP contribution in [-0.2, 0) is 11.2 Å². The molecule has 2 aliphatic rings. The fraction of sp³-hybridized carbons (Fsp3) is 0.471. The van der Waals surface area contributed by atoms with Gasteiger partial charge in [-0.05, 0) is 61.3 Å². The van der Waals surface area contributed by atoms with Gasteiger partial charge in [0.2, 0.25) is 0 Å². The Labute approximate surface area is 119 Å². The summed E-state index contributed by atoms with van der Waals surface area (Å²) < 4.78 is 0. The van der Waals surface area contributed by atoms with Gasteiger partial charge in [-0.3, -0.25) is 4.79 Å². The Kier molecular flexibility index (Phi) is 3.08. The first-order valence-electron chi connectivity index (χ1n) is 7.40. The highest BCUT2D eigenvalue weighted by molar-refractivity contribution is 6.23. The number of benzene rings is 1. The number of amides is 1. The molecule has 1 unspecified atom stereocenters. The molecule has 1 aliphatic heterocycles. The summed E-state index contributed by atoms with van der Waals surface area (Å²) in [7, 11) is 0. The van der Waals surface area contributed by atoms with Crippen LogP contribution in [0, 0.1) is 6.92 Å². The zero-order chi connectivity index (χ0) is 14.4. The Morgan fingerprint density at radius 3 is 2.55 bits per heavy atom. The van der Waals surface area contributed by atoms with E-state index in [4.69, 9.17) is 0 Å². The van der Waals surface area contributed by atoms with Crippen molar-refractivity contribution in [2.45, 2.75) is 52.0 Å². The van der Waals surface area contributed by atoms with Crippen molar-refractivity contribution in [2.24, 2.45) is 0 Å². The summed E-state index contributed by atoms with van der Waals surface area (Å²) in [5.74, 6) is 0.714. The van der Waals surface area contributed by atoms with Crippen LogP contribution in [0.15, 0.2) is 17.9 Å². The average Bonchev–Trinajstić information content (AvgIpc) is 3.20. The molecule has 0 bridgehead atoms. The van der Waals surface area contributed by atoms with Crippen molar-refractivity contribution >= 4 is 11.5 Å². The topological polar surface area (TPSA) is 49.3 Å². The maximum Gasteiger partial charge on any atom is 0.255 e. The number of hydrogen-bond acceptors (Lipinski definition) is 2. The largest absolute Gasteiger partial charge is 0.509 e. The maximum absolute atomic E-state index is 12.1. The maximum atomic E-state index is 12.1. The fourth-order valence-corrected chi connectivity index (χ4v) is 3.09. The highest BCUT2D eigenvalue weighted by atomic mass is 16.3. The molecule has 1 atom stereocenters. The average molecular weight is 271 g/mol. The van der Waals surface area contributed by atoms with Gasteiger partial charge in [0.1, 0.15) is 5.76 Å². The third kappa shape index (κ3) is 2.01. The van der Waals surface area contributed by atoms with Crippen LogP contribution >= 0.6 is 0 Å². The Bertz CT molecular complexity index is 612. The van der Waals surface area contributed by atoms with Crippen LogP contribution in [0.5, 0.6) is 0 Å². The van der Waals surface area contributed by atoms with Gasteiger partial charge in [-0.25, -0.2) is 0 Å². The van der Waals surface area contributed by atoms with E-state index in [0.717, 1.165) is 23.1 Å². The van der Waals surface area contributed by atoms with Crippen molar-refractivity contribution in [3.8, 4) is 0 Å². The van der Waals surface area contributed by atoms with E-state index in [1.165, 1.54) is 18.4 Å². The lowest BCUT2D eigenvalue weighted by molar-refractivity contribution is -0.115. The zero-order valence-electron chi connectivity index (χ0n) is 12.3. The van der Waals surface area contributed by atoms with E-state index < -0.39 is 0 Å². The Morgan fingerprint density at radius 2 is 2.05 bits per heavy atom. The van der Waals surface area contributed by atoms with Crippen LogP contribution in [0.25, 0.3) is 5.57 Å². The first kappa shape index (κ1) is 13.2. The number of aliphatic hydroxyl groups excluding tert-OH is 1. The predicted molar refractivity (Wildman–Crippen MR) is 79.7 cm³/mol. The molecule has 0 radical (unpaired) electrons. The minimum absolute atomic E-state index is 0.160. The van der Waals surface area contributed by atoms with E-state index in [2.05, 4.69) is 24.4 Å². The van der Waals surface area contributed by atoms with Gasteiger partial charge >= 0.3 is 0 Å². The predicted octanol–water partition coefficient (Wildman–Crippen LogP) is 3.22. The molecule has 2 N–H and O–H groups in total. The van der Waals surface area contributed by atoms with Crippen LogP contribution in [0.4, 0.5) is 0 Å². The van der Waals surface area contributed by atoms with Crippen LogP contribution in [0.1, 0.15) is 54.9 Å². The smallest absolute Gasteiger partial charge is 0.255 e. The van der Waals surface area contributed by atoms with E-state index in [1.807, 2.05) is 6.92 Å². The second-order valence-electron chi connectivity index (χ2n) is 5.96. The normalized spacial score (nSPS) is 22.4. The Hall–Kier alpha value is -1.77. The van der Waals surface area contributed by atoms with Crippen molar-refractivity contribution < 1.29 is 9.90 Å². The molecule has 20 heavy (non-hydrogen) atoms. The van der Waals surface area contributed by atoms with Gasteiger partial charge in [0.15, 0.2) is 0 Å². The van der Waals surface area contributed by atoms with Gasteiger partial charge in [0.05, 0.1) is 11.6 Å². The number of rotatable bonds is 3. The highest BCUT2D eigenvalue weighted by Gasteiger charge is 2.32. The Balaban J connectivity index is 2.16. The number of aryl methyl sites for hydroxylation is 2. The first-order chi connectivity index (χ1) is 9.52. The number of nitrogens with one attached hydrogen (secondary N) is 1. The van der Waals surface area contributed by atoms with E-state index in [9.17, 15) is 9.90 Å². The molecular formula is C17H21NO2. The van der Waals surface area contributed by atoms with E-state index in [0.29, 0.717) is 11.5 Å². The molecule has 1 aromatic rings. The van der Waals surface area contributed by atoms with Gasteiger partial charge in [-0.15, -0.1) is 0 Å². The van der Waals surface area contributed by atoms with Crippen molar-refractivity contribution in [3.05, 3.63) is 40.1 Å². The molecule has 0 aromatic heterocycles. The first-order valence-corrected chi connectivity index (χ1v) is 7.40.